The fourth-order valence-electron chi connectivity index (χ4n) is 7.35. The van der Waals surface area contributed by atoms with Crippen LogP contribution in [0.1, 0.15) is 76.9 Å². The number of methoxy groups -OCH3 is 1. The van der Waals surface area contributed by atoms with Crippen molar-refractivity contribution in [1.29, 1.82) is 0 Å². The fourth-order valence-corrected chi connectivity index (χ4v) is 9.91. The predicted molar refractivity (Wildman–Crippen MR) is 182 cm³/mol. The normalized spacial score (nSPS) is 24.1. The summed E-state index contributed by atoms with van der Waals surface area (Å²) in [6.07, 6.45) is 6.87. The number of carbonyl (C=O) groups is 1. The van der Waals surface area contributed by atoms with Gasteiger partial charge in [-0.05, 0) is 76.8 Å². The zero-order chi connectivity index (χ0) is 34.3. The second-order valence-electron chi connectivity index (χ2n) is 13.9. The molecule has 3 aromatic heterocycles. The Morgan fingerprint density at radius 2 is 1.88 bits per heavy atom. The van der Waals surface area contributed by atoms with Gasteiger partial charge in [-0.25, -0.2) is 22.8 Å². The number of thiophene rings is 1. The maximum atomic E-state index is 14.8. The molecule has 0 spiro atoms. The van der Waals surface area contributed by atoms with Crippen molar-refractivity contribution >= 4 is 37.5 Å². The molecular formula is C34H40N4O9S2. The first-order valence-corrected chi connectivity index (χ1v) is 18.9. The third-order valence-electron chi connectivity index (χ3n) is 10.7. The van der Waals surface area contributed by atoms with E-state index in [0.717, 1.165) is 35.8 Å². The van der Waals surface area contributed by atoms with Crippen LogP contribution < -0.4 is 20.7 Å². The van der Waals surface area contributed by atoms with Crippen LogP contribution in [-0.2, 0) is 36.4 Å². The van der Waals surface area contributed by atoms with Crippen LogP contribution in [0, 0.1) is 6.92 Å². The average Bonchev–Trinajstić information content (AvgIpc) is 3.88. The number of benzene rings is 1. The summed E-state index contributed by atoms with van der Waals surface area (Å²) in [6.45, 7) is 3.32. The van der Waals surface area contributed by atoms with Gasteiger partial charge in [0.2, 0.25) is 15.9 Å². The highest BCUT2D eigenvalue weighted by Crippen LogP contribution is 2.46. The quantitative estimate of drug-likeness (QED) is 0.236. The Bertz CT molecular complexity index is 2170. The molecule has 1 N–H and O–H groups in total. The molecule has 2 bridgehead atoms. The number of hydrogen-bond donors (Lipinski definition) is 1. The van der Waals surface area contributed by atoms with E-state index in [1.165, 1.54) is 28.4 Å². The van der Waals surface area contributed by atoms with Gasteiger partial charge >= 0.3 is 5.69 Å². The molecule has 1 amide bonds. The Kier molecular flexibility index (Phi) is 7.70. The van der Waals surface area contributed by atoms with E-state index in [2.05, 4.69) is 9.71 Å². The molecule has 2 saturated heterocycles. The number of aromatic nitrogens is 3. The van der Waals surface area contributed by atoms with Gasteiger partial charge in [-0.1, -0.05) is 18.2 Å². The molecule has 2 saturated carbocycles. The van der Waals surface area contributed by atoms with Crippen LogP contribution in [0.2, 0.25) is 0 Å². The van der Waals surface area contributed by atoms with Gasteiger partial charge in [0.05, 0.1) is 53.2 Å². The Hall–Kier alpha value is -3.79. The van der Waals surface area contributed by atoms with Crippen molar-refractivity contribution in [3.8, 4) is 16.5 Å². The number of amides is 1. The van der Waals surface area contributed by atoms with Crippen LogP contribution in [0.5, 0.6) is 5.75 Å². The third kappa shape index (κ3) is 5.36. The smallest absolute Gasteiger partial charge is 0.333 e. The first kappa shape index (κ1) is 32.4. The van der Waals surface area contributed by atoms with E-state index in [-0.39, 0.29) is 44.5 Å². The number of nitrogens with one attached hydrogen (secondary N) is 1. The Labute approximate surface area is 287 Å². The first-order valence-electron chi connectivity index (χ1n) is 16.6. The van der Waals surface area contributed by atoms with Gasteiger partial charge in [-0.3, -0.25) is 18.9 Å². The standard InChI is InChI=1S/C34H38N4O9S2.H2/c1-19-26-29(39)38(34(12-13-34)31(40)36-49(42,43)33(2)10-11-33)32(41)37(30(26)48-27(19)28-35-14-15-45-28)18-25(23-6-4-5-7-24(23)44-3)47-22-16-20-8-9-21(17-22)46-20;/h4-7,14-15,20-22,25H,8-13,16-18H2,1-3H3,(H,36,40);1H/t20-,21+,22?,25-;/m0./s1. The highest BCUT2D eigenvalue weighted by Gasteiger charge is 2.58. The van der Waals surface area contributed by atoms with E-state index in [4.69, 9.17) is 18.6 Å². The molecule has 8 rings (SSSR count). The molecule has 5 heterocycles. The Morgan fingerprint density at radius 1 is 1.16 bits per heavy atom. The summed E-state index contributed by atoms with van der Waals surface area (Å²) in [4.78, 5) is 48.3. The van der Waals surface area contributed by atoms with Gasteiger partial charge in [-0.2, -0.15) is 0 Å². The lowest BCUT2D eigenvalue weighted by atomic mass is 10.0. The van der Waals surface area contributed by atoms with Crippen molar-refractivity contribution in [3.05, 3.63) is 68.7 Å². The maximum Gasteiger partial charge on any atom is 0.333 e. The van der Waals surface area contributed by atoms with E-state index in [0.29, 0.717) is 39.8 Å². The summed E-state index contributed by atoms with van der Waals surface area (Å²) >= 11 is 1.20. The molecule has 4 aromatic rings. The van der Waals surface area contributed by atoms with Gasteiger partial charge in [0.1, 0.15) is 28.5 Å². The summed E-state index contributed by atoms with van der Waals surface area (Å²) in [5, 5.41) is 0.233. The molecule has 0 radical (unpaired) electrons. The molecular weight excluding hydrogens is 673 g/mol. The summed E-state index contributed by atoms with van der Waals surface area (Å²) in [5.74, 6) is 0.00282. The fraction of sp³-hybridized carbons (Fsp3) is 0.529. The second-order valence-corrected chi connectivity index (χ2v) is 17.1. The molecule has 13 nitrogen and oxygen atoms in total. The van der Waals surface area contributed by atoms with Gasteiger partial charge in [0, 0.05) is 6.99 Å². The van der Waals surface area contributed by atoms with Gasteiger partial charge in [-0.15, -0.1) is 11.3 Å². The molecule has 1 unspecified atom stereocenters. The zero-order valence-corrected chi connectivity index (χ0v) is 29.1. The summed E-state index contributed by atoms with van der Waals surface area (Å²) < 4.78 is 54.1. The van der Waals surface area contributed by atoms with E-state index in [1.807, 2.05) is 24.3 Å². The highest BCUT2D eigenvalue weighted by molar-refractivity contribution is 7.91. The van der Waals surface area contributed by atoms with E-state index in [9.17, 15) is 22.8 Å². The summed E-state index contributed by atoms with van der Waals surface area (Å²) in [7, 11) is -2.44. The number of nitrogens with zero attached hydrogens (tertiary/aromatic N) is 3. The van der Waals surface area contributed by atoms with E-state index >= 15 is 0 Å². The average molecular weight is 713 g/mol. The molecule has 2 aliphatic heterocycles. The number of oxazole rings is 1. The minimum absolute atomic E-state index is 0. The van der Waals surface area contributed by atoms with Gasteiger partial charge in [0.25, 0.3) is 11.5 Å². The predicted octanol–water partition coefficient (Wildman–Crippen LogP) is 4.40. The lowest BCUT2D eigenvalue weighted by molar-refractivity contribution is -0.124. The molecule has 15 heteroatoms. The van der Waals surface area contributed by atoms with E-state index in [1.54, 1.807) is 21.0 Å². The molecule has 49 heavy (non-hydrogen) atoms. The number of aryl methyl sites for hydroxylation is 1. The second kappa shape index (κ2) is 11.6. The summed E-state index contributed by atoms with van der Waals surface area (Å²) in [6, 6.07) is 7.46. The number of para-hydroxylation sites is 1. The largest absolute Gasteiger partial charge is 0.496 e. The van der Waals surface area contributed by atoms with Gasteiger partial charge in [0.15, 0.2) is 0 Å². The molecule has 262 valence electrons. The SMILES string of the molecule is COc1ccccc1[C@H](Cn1c(=O)n(C2(C(=O)NS(=O)(=O)C3(C)CC3)CC2)c(=O)c2c(C)c(-c3ncco3)sc21)OC1C[C@H]2CC[C@@H](C1)O2.[HH]. The highest BCUT2D eigenvalue weighted by atomic mass is 32.2. The zero-order valence-electron chi connectivity index (χ0n) is 27.5. The number of ether oxygens (including phenoxy) is 3. The van der Waals surface area contributed by atoms with Crippen LogP contribution in [0.25, 0.3) is 21.0 Å². The molecule has 4 atom stereocenters. The molecule has 2 aliphatic carbocycles. The Balaban J connectivity index is 0.00000392. The van der Waals surface area contributed by atoms with Crippen molar-refractivity contribution in [2.45, 2.75) is 106 Å². The first-order chi connectivity index (χ1) is 23.4. The van der Waals surface area contributed by atoms with Crippen molar-refractivity contribution < 1.29 is 33.3 Å². The lowest BCUT2D eigenvalue weighted by Gasteiger charge is -2.32. The van der Waals surface area contributed by atoms with Crippen LogP contribution in [0.3, 0.4) is 0 Å². The van der Waals surface area contributed by atoms with Gasteiger partial charge < -0.3 is 18.6 Å². The third-order valence-corrected chi connectivity index (χ3v) is 14.1. The van der Waals surface area contributed by atoms with E-state index < -0.39 is 43.6 Å². The van der Waals surface area contributed by atoms with Crippen LogP contribution >= 0.6 is 11.3 Å². The van der Waals surface area contributed by atoms with Crippen LogP contribution in [0.15, 0.2) is 50.7 Å². The summed E-state index contributed by atoms with van der Waals surface area (Å²) in [5.41, 5.74) is -1.77. The van der Waals surface area contributed by atoms with Crippen LogP contribution in [-0.4, -0.2) is 58.6 Å². The number of hydrogen-bond acceptors (Lipinski definition) is 11. The minimum Gasteiger partial charge on any atom is -0.496 e. The number of carbonyl (C=O) groups excluding carboxylic acids is 1. The number of rotatable bonds is 11. The number of sulfonamides is 1. The molecule has 1 aromatic carbocycles. The van der Waals surface area contributed by atoms with Crippen molar-refractivity contribution in [1.82, 2.24) is 18.8 Å². The minimum atomic E-state index is -4.02. The maximum absolute atomic E-state index is 14.8. The number of fused-ring (bicyclic) bond motifs is 3. The van der Waals surface area contributed by atoms with Crippen molar-refractivity contribution in [3.63, 3.8) is 0 Å². The van der Waals surface area contributed by atoms with Crippen molar-refractivity contribution in [2.75, 3.05) is 7.11 Å². The van der Waals surface area contributed by atoms with Crippen molar-refractivity contribution in [2.24, 2.45) is 0 Å². The molecule has 4 fully saturated rings. The monoisotopic (exact) mass is 712 g/mol. The topological polar surface area (TPSA) is 161 Å². The van der Waals surface area contributed by atoms with Crippen LogP contribution in [0.4, 0.5) is 0 Å². The molecule has 4 aliphatic rings. The Morgan fingerprint density at radius 3 is 2.51 bits per heavy atom. The lowest BCUT2D eigenvalue weighted by Crippen LogP contribution is -2.53.